The molecule has 0 heterocycles. The van der Waals surface area contributed by atoms with Crippen molar-refractivity contribution in [2.45, 2.75) is 37.6 Å². The first-order valence-corrected chi connectivity index (χ1v) is 7.46. The Morgan fingerprint density at radius 2 is 1.95 bits per heavy atom. The molecule has 20 heavy (non-hydrogen) atoms. The van der Waals surface area contributed by atoms with Crippen molar-refractivity contribution in [3.05, 3.63) is 35.9 Å². The van der Waals surface area contributed by atoms with Crippen molar-refractivity contribution in [2.24, 2.45) is 5.73 Å². The number of aliphatic hydroxyl groups is 1. The lowest BCUT2D eigenvalue weighted by Crippen LogP contribution is -2.41. The van der Waals surface area contributed by atoms with Crippen molar-refractivity contribution in [2.75, 3.05) is 19.7 Å². The Kier molecular flexibility index (Phi) is 5.56. The molecule has 0 saturated heterocycles. The molecule has 4 N–H and O–H groups in total. The van der Waals surface area contributed by atoms with Crippen molar-refractivity contribution < 1.29 is 5.11 Å². The van der Waals surface area contributed by atoms with Crippen molar-refractivity contribution >= 4 is 5.84 Å². The van der Waals surface area contributed by atoms with Gasteiger partial charge in [-0.2, -0.15) is 0 Å². The largest absolute Gasteiger partial charge is 0.395 e. The Morgan fingerprint density at radius 1 is 1.30 bits per heavy atom. The zero-order valence-corrected chi connectivity index (χ0v) is 12.0. The van der Waals surface area contributed by atoms with Gasteiger partial charge in [-0.1, -0.05) is 43.2 Å². The standard InChI is InChI=1S/C16H25N3O/c17-16(18)15(13-6-2-1-3-7-13)12-19(10-11-20)14-8-4-5-9-14/h1-3,6-7,14-15,20H,4-5,8-12H2,(H3,17,18). The van der Waals surface area contributed by atoms with Gasteiger partial charge >= 0.3 is 0 Å². The van der Waals surface area contributed by atoms with Crippen LogP contribution in [0.25, 0.3) is 0 Å². The highest BCUT2D eigenvalue weighted by Gasteiger charge is 2.26. The molecule has 0 aromatic heterocycles. The summed E-state index contributed by atoms with van der Waals surface area (Å²) in [7, 11) is 0. The second-order valence-corrected chi connectivity index (χ2v) is 5.58. The lowest BCUT2D eigenvalue weighted by Gasteiger charge is -2.31. The predicted molar refractivity (Wildman–Crippen MR) is 82.0 cm³/mol. The maximum atomic E-state index is 9.29. The van der Waals surface area contributed by atoms with E-state index in [-0.39, 0.29) is 18.4 Å². The van der Waals surface area contributed by atoms with Gasteiger partial charge in [0.2, 0.25) is 0 Å². The molecule has 1 unspecified atom stereocenters. The quantitative estimate of drug-likeness (QED) is 0.526. The number of hydrogen-bond donors (Lipinski definition) is 3. The van der Waals surface area contributed by atoms with Crippen LogP contribution in [0.5, 0.6) is 0 Å². The first kappa shape index (κ1) is 15.0. The minimum Gasteiger partial charge on any atom is -0.395 e. The lowest BCUT2D eigenvalue weighted by molar-refractivity contribution is 0.150. The number of nitrogens with one attached hydrogen (secondary N) is 1. The molecule has 0 amide bonds. The van der Waals surface area contributed by atoms with E-state index < -0.39 is 0 Å². The number of nitrogens with zero attached hydrogens (tertiary/aromatic N) is 1. The fourth-order valence-corrected chi connectivity index (χ4v) is 3.12. The summed E-state index contributed by atoms with van der Waals surface area (Å²) in [6.45, 7) is 1.56. The van der Waals surface area contributed by atoms with Crippen LogP contribution in [0.2, 0.25) is 0 Å². The molecule has 0 bridgehead atoms. The third-order valence-corrected chi connectivity index (χ3v) is 4.22. The molecule has 4 nitrogen and oxygen atoms in total. The van der Waals surface area contributed by atoms with Gasteiger partial charge in [-0.25, -0.2) is 0 Å². The summed E-state index contributed by atoms with van der Waals surface area (Å²) in [5, 5.41) is 17.2. The number of hydrogen-bond acceptors (Lipinski definition) is 3. The minimum absolute atomic E-state index is 0.0802. The molecule has 4 heteroatoms. The fourth-order valence-electron chi connectivity index (χ4n) is 3.12. The monoisotopic (exact) mass is 275 g/mol. The molecule has 1 fully saturated rings. The van der Waals surface area contributed by atoms with Gasteiger partial charge in [0.15, 0.2) is 0 Å². The highest BCUT2D eigenvalue weighted by atomic mass is 16.3. The Bertz CT molecular complexity index is 415. The van der Waals surface area contributed by atoms with E-state index in [1.165, 1.54) is 25.7 Å². The summed E-state index contributed by atoms with van der Waals surface area (Å²) in [6.07, 6.45) is 4.92. The zero-order chi connectivity index (χ0) is 14.4. The molecule has 1 saturated carbocycles. The Hall–Kier alpha value is -1.39. The van der Waals surface area contributed by atoms with Crippen LogP contribution in [-0.4, -0.2) is 41.6 Å². The van der Waals surface area contributed by atoms with Gasteiger partial charge in [0.05, 0.1) is 18.4 Å². The maximum absolute atomic E-state index is 9.29. The Labute approximate surface area is 121 Å². The number of nitrogens with two attached hydrogens (primary N) is 1. The first-order chi connectivity index (χ1) is 9.72. The van der Waals surface area contributed by atoms with Crippen molar-refractivity contribution in [3.8, 4) is 0 Å². The molecule has 110 valence electrons. The Morgan fingerprint density at radius 3 is 2.50 bits per heavy atom. The minimum atomic E-state index is -0.0802. The lowest BCUT2D eigenvalue weighted by atomic mass is 9.96. The average Bonchev–Trinajstić information content (AvgIpc) is 2.98. The third-order valence-electron chi connectivity index (χ3n) is 4.22. The van der Waals surface area contributed by atoms with E-state index >= 15 is 0 Å². The second-order valence-electron chi connectivity index (χ2n) is 5.58. The SMILES string of the molecule is N=C(N)C(CN(CCO)C1CCCC1)c1ccccc1. The van der Waals surface area contributed by atoms with Crippen molar-refractivity contribution in [3.63, 3.8) is 0 Å². The first-order valence-electron chi connectivity index (χ1n) is 7.46. The molecule has 0 spiro atoms. The summed E-state index contributed by atoms with van der Waals surface area (Å²) < 4.78 is 0. The second kappa shape index (κ2) is 7.41. The summed E-state index contributed by atoms with van der Waals surface area (Å²) in [5.74, 6) is 0.125. The van der Waals surface area contributed by atoms with E-state index in [1.807, 2.05) is 30.3 Å². The number of benzene rings is 1. The van der Waals surface area contributed by atoms with Crippen LogP contribution in [-0.2, 0) is 0 Å². The molecular formula is C16H25N3O. The van der Waals surface area contributed by atoms with Crippen molar-refractivity contribution in [1.29, 1.82) is 5.41 Å². The van der Waals surface area contributed by atoms with Crippen LogP contribution in [0, 0.1) is 5.41 Å². The number of aliphatic hydroxyl groups excluding tert-OH is 1. The van der Waals surface area contributed by atoms with Crippen molar-refractivity contribution in [1.82, 2.24) is 4.90 Å². The molecule has 1 aliphatic rings. The van der Waals surface area contributed by atoms with Gasteiger partial charge in [-0.3, -0.25) is 10.3 Å². The van der Waals surface area contributed by atoms with Crippen LogP contribution in [0.15, 0.2) is 30.3 Å². The van der Waals surface area contributed by atoms with Crippen LogP contribution in [0.1, 0.15) is 37.2 Å². The van der Waals surface area contributed by atoms with Crippen LogP contribution in [0.4, 0.5) is 0 Å². The summed E-state index contributed by atoms with van der Waals surface area (Å²) in [4.78, 5) is 2.31. The van der Waals surface area contributed by atoms with Crippen LogP contribution in [0.3, 0.4) is 0 Å². The van der Waals surface area contributed by atoms with Gasteiger partial charge in [-0.05, 0) is 18.4 Å². The fraction of sp³-hybridized carbons (Fsp3) is 0.562. The van der Waals surface area contributed by atoms with Gasteiger partial charge < -0.3 is 10.8 Å². The molecule has 1 aromatic rings. The van der Waals surface area contributed by atoms with E-state index in [9.17, 15) is 5.11 Å². The van der Waals surface area contributed by atoms with E-state index in [0.29, 0.717) is 12.6 Å². The maximum Gasteiger partial charge on any atom is 0.0995 e. The smallest absolute Gasteiger partial charge is 0.0995 e. The third kappa shape index (κ3) is 3.81. The predicted octanol–water partition coefficient (Wildman–Crippen LogP) is 1.94. The normalized spacial score (nSPS) is 17.5. The molecule has 0 aliphatic heterocycles. The zero-order valence-electron chi connectivity index (χ0n) is 12.0. The molecule has 1 atom stereocenters. The molecule has 2 rings (SSSR count). The average molecular weight is 275 g/mol. The van der Waals surface area contributed by atoms with Gasteiger partial charge in [-0.15, -0.1) is 0 Å². The number of rotatable bonds is 7. The summed E-state index contributed by atoms with van der Waals surface area (Å²) >= 11 is 0. The number of amidine groups is 1. The van der Waals surface area contributed by atoms with E-state index in [2.05, 4.69) is 4.90 Å². The van der Waals surface area contributed by atoms with E-state index in [0.717, 1.165) is 12.1 Å². The van der Waals surface area contributed by atoms with Gasteiger partial charge in [0.1, 0.15) is 0 Å². The summed E-state index contributed by atoms with van der Waals surface area (Å²) in [6, 6.07) is 10.5. The Balaban J connectivity index is 2.10. The highest BCUT2D eigenvalue weighted by Crippen LogP contribution is 2.26. The summed E-state index contributed by atoms with van der Waals surface area (Å²) in [5.41, 5.74) is 6.89. The molecule has 1 aliphatic carbocycles. The van der Waals surface area contributed by atoms with Gasteiger partial charge in [0.25, 0.3) is 0 Å². The molecule has 0 radical (unpaired) electrons. The van der Waals surface area contributed by atoms with Crippen LogP contribution >= 0.6 is 0 Å². The van der Waals surface area contributed by atoms with Gasteiger partial charge in [0, 0.05) is 19.1 Å². The van der Waals surface area contributed by atoms with E-state index in [1.54, 1.807) is 0 Å². The highest BCUT2D eigenvalue weighted by molar-refractivity contribution is 5.84. The van der Waals surface area contributed by atoms with Crippen LogP contribution < -0.4 is 5.73 Å². The molecule has 1 aromatic carbocycles. The van der Waals surface area contributed by atoms with E-state index in [4.69, 9.17) is 11.1 Å². The molecular weight excluding hydrogens is 250 g/mol. The topological polar surface area (TPSA) is 73.3 Å².